The van der Waals surface area contributed by atoms with Crippen molar-refractivity contribution in [3.8, 4) is 0 Å². The van der Waals surface area contributed by atoms with Gasteiger partial charge in [-0.2, -0.15) is 0 Å². The number of likely N-dealkylation sites (N-methyl/N-ethyl adjacent to an activating group) is 1. The lowest BCUT2D eigenvalue weighted by Crippen LogP contribution is -2.65. The van der Waals surface area contributed by atoms with E-state index in [4.69, 9.17) is 4.74 Å². The molecule has 0 saturated carbocycles. The molecule has 1 spiro atoms. The molecule has 3 N–H and O–H groups in total. The summed E-state index contributed by atoms with van der Waals surface area (Å²) in [6.07, 6.45) is -0.161. The fourth-order valence-corrected chi connectivity index (χ4v) is 4.98. The van der Waals surface area contributed by atoms with Crippen LogP contribution in [0.3, 0.4) is 0 Å². The van der Waals surface area contributed by atoms with Crippen molar-refractivity contribution in [2.75, 3.05) is 33.2 Å². The third kappa shape index (κ3) is 5.71. The van der Waals surface area contributed by atoms with Gasteiger partial charge < -0.3 is 25.6 Å². The molecule has 0 bridgehead atoms. The zero-order chi connectivity index (χ0) is 24.8. The third-order valence-corrected chi connectivity index (χ3v) is 7.10. The molecule has 0 aliphatic carbocycles. The number of ether oxygens (including phenoxy) is 1. The third-order valence-electron chi connectivity index (χ3n) is 7.10. The van der Waals surface area contributed by atoms with E-state index >= 15 is 0 Å². The van der Waals surface area contributed by atoms with Gasteiger partial charge in [-0.05, 0) is 18.1 Å². The van der Waals surface area contributed by atoms with Gasteiger partial charge in [-0.25, -0.2) is 0 Å². The normalized spacial score (nSPS) is 20.1. The fourth-order valence-electron chi connectivity index (χ4n) is 4.98. The van der Waals surface area contributed by atoms with Gasteiger partial charge in [-0.15, -0.1) is 0 Å². The molecule has 2 aliphatic heterocycles. The number of hydrogen-bond donors (Lipinski definition) is 3. The number of carbonyl (C=O) groups is 3. The van der Waals surface area contributed by atoms with Crippen molar-refractivity contribution in [2.45, 2.75) is 32.1 Å². The summed E-state index contributed by atoms with van der Waals surface area (Å²) in [6.45, 7) is 4.40. The van der Waals surface area contributed by atoms with Crippen molar-refractivity contribution in [1.82, 2.24) is 20.9 Å². The minimum Gasteiger partial charge on any atom is -0.371 e. The molecule has 1 unspecified atom stereocenters. The quantitative estimate of drug-likeness (QED) is 0.502. The van der Waals surface area contributed by atoms with Crippen LogP contribution in [0.15, 0.2) is 60.7 Å². The molecule has 2 aliphatic rings. The molecule has 0 radical (unpaired) electrons. The first-order chi connectivity index (χ1) is 16.9. The van der Waals surface area contributed by atoms with Crippen LogP contribution in [0.1, 0.15) is 18.1 Å². The van der Waals surface area contributed by atoms with E-state index in [2.05, 4.69) is 16.0 Å². The number of nitrogens with one attached hydrogen (secondary N) is 3. The Labute approximate surface area is 206 Å². The van der Waals surface area contributed by atoms with E-state index in [1.54, 1.807) is 14.0 Å². The minimum atomic E-state index is -0.815. The number of likely N-dealkylation sites (tertiary alicyclic amines) is 1. The molecular weight excluding hydrogens is 444 g/mol. The van der Waals surface area contributed by atoms with Gasteiger partial charge in [-0.1, -0.05) is 60.7 Å². The molecule has 2 fully saturated rings. The zero-order valence-corrected chi connectivity index (χ0v) is 20.3. The lowest BCUT2D eigenvalue weighted by molar-refractivity contribution is -0.150. The van der Waals surface area contributed by atoms with Gasteiger partial charge in [0.25, 0.3) is 0 Å². The molecule has 0 aromatic heterocycles. The molecule has 8 heteroatoms. The van der Waals surface area contributed by atoms with Crippen LogP contribution in [0.2, 0.25) is 0 Å². The standard InChI is InChI=1S/C27H34N4O4/c1-19(35-15-21-11-7-4-8-12-21)24(26(34)28-2)30-25(33)22-14-29-16-27(22)17-31(18-27)23(32)13-20-9-5-3-6-10-20/h3-12,19,22,24,29H,13-18H2,1-2H3,(H,28,34)(H,30,33)/t19-,22?,24+/m1/s1. The maximum atomic E-state index is 13.3. The SMILES string of the molecule is CNC(=O)[C@@H](NC(=O)C1CNCC12CN(C(=O)Cc1ccccc1)C2)[C@@H](C)OCc1ccccc1. The van der Waals surface area contributed by atoms with Gasteiger partial charge in [0.15, 0.2) is 0 Å². The molecule has 8 nitrogen and oxygen atoms in total. The minimum absolute atomic E-state index is 0.0686. The summed E-state index contributed by atoms with van der Waals surface area (Å²) >= 11 is 0. The van der Waals surface area contributed by atoms with Gasteiger partial charge >= 0.3 is 0 Å². The highest BCUT2D eigenvalue weighted by molar-refractivity contribution is 5.90. The van der Waals surface area contributed by atoms with E-state index in [0.29, 0.717) is 39.2 Å². The van der Waals surface area contributed by atoms with Crippen molar-refractivity contribution < 1.29 is 19.1 Å². The Hall–Kier alpha value is -3.23. The number of benzene rings is 2. The summed E-state index contributed by atoms with van der Waals surface area (Å²) in [5.41, 5.74) is 1.67. The largest absolute Gasteiger partial charge is 0.371 e. The fraction of sp³-hybridized carbons (Fsp3) is 0.444. The van der Waals surface area contributed by atoms with Crippen LogP contribution >= 0.6 is 0 Å². The van der Waals surface area contributed by atoms with Crippen molar-refractivity contribution in [1.29, 1.82) is 0 Å². The van der Waals surface area contributed by atoms with Crippen LogP contribution in [-0.4, -0.2) is 68.0 Å². The van der Waals surface area contributed by atoms with Crippen LogP contribution in [0.4, 0.5) is 0 Å². The Kier molecular flexibility index (Phi) is 7.83. The average Bonchev–Trinajstić information content (AvgIpc) is 3.31. The maximum Gasteiger partial charge on any atom is 0.245 e. The molecule has 186 valence electrons. The molecule has 4 rings (SSSR count). The van der Waals surface area contributed by atoms with Crippen LogP contribution < -0.4 is 16.0 Å². The van der Waals surface area contributed by atoms with Crippen LogP contribution in [0.25, 0.3) is 0 Å². The molecule has 2 aromatic rings. The van der Waals surface area contributed by atoms with Crippen molar-refractivity contribution >= 4 is 17.7 Å². The summed E-state index contributed by atoms with van der Waals surface area (Å²) in [5.74, 6) is -0.739. The maximum absolute atomic E-state index is 13.3. The zero-order valence-electron chi connectivity index (χ0n) is 20.3. The highest BCUT2D eigenvalue weighted by Gasteiger charge is 2.55. The Bertz CT molecular complexity index is 1020. The van der Waals surface area contributed by atoms with Gasteiger partial charge in [0.1, 0.15) is 6.04 Å². The van der Waals surface area contributed by atoms with E-state index in [1.807, 2.05) is 65.6 Å². The second kappa shape index (κ2) is 11.0. The topological polar surface area (TPSA) is 99.8 Å². The average molecular weight is 479 g/mol. The number of nitrogens with zero attached hydrogens (tertiary/aromatic N) is 1. The van der Waals surface area contributed by atoms with E-state index in [-0.39, 0.29) is 29.1 Å². The second-order valence-corrected chi connectivity index (χ2v) is 9.56. The van der Waals surface area contributed by atoms with E-state index in [0.717, 1.165) is 11.1 Å². The predicted octanol–water partition coefficient (Wildman–Crippen LogP) is 1.11. The van der Waals surface area contributed by atoms with Gasteiger partial charge in [0, 0.05) is 38.6 Å². The molecular formula is C27H34N4O4. The molecule has 2 heterocycles. The Balaban J connectivity index is 1.35. The Morgan fingerprint density at radius 3 is 2.31 bits per heavy atom. The molecule has 2 saturated heterocycles. The number of rotatable bonds is 9. The predicted molar refractivity (Wildman–Crippen MR) is 132 cm³/mol. The summed E-state index contributed by atoms with van der Waals surface area (Å²) in [7, 11) is 1.55. The smallest absolute Gasteiger partial charge is 0.245 e. The number of carbonyl (C=O) groups excluding carboxylic acids is 3. The first-order valence-corrected chi connectivity index (χ1v) is 12.1. The van der Waals surface area contributed by atoms with Crippen LogP contribution in [0, 0.1) is 11.3 Å². The molecule has 3 atom stereocenters. The first-order valence-electron chi connectivity index (χ1n) is 12.1. The van der Waals surface area contributed by atoms with Crippen LogP contribution in [-0.2, 0) is 32.1 Å². The van der Waals surface area contributed by atoms with Gasteiger partial charge in [-0.3, -0.25) is 14.4 Å². The lowest BCUT2D eigenvalue weighted by atomic mass is 9.71. The van der Waals surface area contributed by atoms with E-state index < -0.39 is 12.1 Å². The highest BCUT2D eigenvalue weighted by atomic mass is 16.5. The molecule has 3 amide bonds. The molecule has 2 aromatic carbocycles. The summed E-state index contributed by atoms with van der Waals surface area (Å²) in [5, 5.41) is 8.88. The number of hydrogen-bond acceptors (Lipinski definition) is 5. The van der Waals surface area contributed by atoms with E-state index in [9.17, 15) is 14.4 Å². The summed E-state index contributed by atoms with van der Waals surface area (Å²) < 4.78 is 5.93. The van der Waals surface area contributed by atoms with Crippen molar-refractivity contribution in [3.63, 3.8) is 0 Å². The second-order valence-electron chi connectivity index (χ2n) is 9.56. The summed E-state index contributed by atoms with van der Waals surface area (Å²) in [6, 6.07) is 18.6. The number of amides is 3. The monoisotopic (exact) mass is 478 g/mol. The van der Waals surface area contributed by atoms with E-state index in [1.165, 1.54) is 0 Å². The van der Waals surface area contributed by atoms with Crippen molar-refractivity contribution in [2.24, 2.45) is 11.3 Å². The lowest BCUT2D eigenvalue weighted by Gasteiger charge is -2.50. The molecule has 35 heavy (non-hydrogen) atoms. The van der Waals surface area contributed by atoms with Gasteiger partial charge in [0.2, 0.25) is 17.7 Å². The highest BCUT2D eigenvalue weighted by Crippen LogP contribution is 2.41. The van der Waals surface area contributed by atoms with Crippen molar-refractivity contribution in [3.05, 3.63) is 71.8 Å². The van der Waals surface area contributed by atoms with Crippen LogP contribution in [0.5, 0.6) is 0 Å². The Morgan fingerprint density at radius 1 is 1.06 bits per heavy atom. The first kappa shape index (κ1) is 24.9. The van der Waals surface area contributed by atoms with Gasteiger partial charge in [0.05, 0.1) is 25.0 Å². The Morgan fingerprint density at radius 2 is 1.69 bits per heavy atom. The summed E-state index contributed by atoms with van der Waals surface area (Å²) in [4.78, 5) is 40.5.